The van der Waals surface area contributed by atoms with Crippen molar-refractivity contribution in [2.24, 2.45) is 0 Å². The molecule has 0 unspecified atom stereocenters. The molecule has 1 N–H and O–H groups in total. The first-order chi connectivity index (χ1) is 8.08. The van der Waals surface area contributed by atoms with E-state index in [4.69, 9.17) is 27.9 Å². The fourth-order valence-corrected chi connectivity index (χ4v) is 1.75. The zero-order chi connectivity index (χ0) is 12.8. The molecule has 0 radical (unpaired) electrons. The summed E-state index contributed by atoms with van der Waals surface area (Å²) in [5, 5.41) is 3.06. The van der Waals surface area contributed by atoms with Crippen LogP contribution in [0.4, 0.5) is 0 Å². The van der Waals surface area contributed by atoms with E-state index in [1.165, 1.54) is 19.2 Å². The van der Waals surface area contributed by atoms with E-state index in [9.17, 15) is 9.59 Å². The van der Waals surface area contributed by atoms with E-state index in [0.717, 1.165) is 0 Å². The van der Waals surface area contributed by atoms with E-state index in [-0.39, 0.29) is 35.3 Å². The first kappa shape index (κ1) is 13.8. The maximum Gasteiger partial charge on any atom is 0.223 e. The molecule has 0 aliphatic carbocycles. The second-order valence-electron chi connectivity index (χ2n) is 3.20. The average Bonchev–Trinajstić information content (AvgIpc) is 2.30. The van der Waals surface area contributed by atoms with Crippen LogP contribution in [0.3, 0.4) is 0 Å². The fraction of sp³-hybridized carbons (Fsp3) is 0.273. The van der Waals surface area contributed by atoms with Crippen LogP contribution < -0.4 is 10.1 Å². The van der Waals surface area contributed by atoms with E-state index in [1.807, 2.05) is 0 Å². The van der Waals surface area contributed by atoms with Crippen molar-refractivity contribution in [2.45, 2.75) is 6.42 Å². The second kappa shape index (κ2) is 6.47. The topological polar surface area (TPSA) is 55.4 Å². The van der Waals surface area contributed by atoms with Crippen LogP contribution in [0.15, 0.2) is 12.1 Å². The van der Waals surface area contributed by atoms with Gasteiger partial charge in [0.15, 0.2) is 6.29 Å². The molecule has 17 heavy (non-hydrogen) atoms. The van der Waals surface area contributed by atoms with Gasteiger partial charge in [-0.25, -0.2) is 0 Å². The van der Waals surface area contributed by atoms with Crippen LogP contribution in [-0.2, 0) is 4.79 Å². The number of benzene rings is 1. The lowest BCUT2D eigenvalue weighted by Gasteiger charge is -2.10. The summed E-state index contributed by atoms with van der Waals surface area (Å²) in [6, 6.07) is 2.93. The molecule has 4 nitrogen and oxygen atoms in total. The molecular formula is C11H11Cl2NO3. The highest BCUT2D eigenvalue weighted by atomic mass is 35.5. The molecule has 0 aromatic heterocycles. The summed E-state index contributed by atoms with van der Waals surface area (Å²) in [4.78, 5) is 21.8. The number of aldehydes is 1. The Morgan fingerprint density at radius 1 is 1.47 bits per heavy atom. The molecule has 6 heteroatoms. The molecule has 0 heterocycles. The molecule has 1 aromatic carbocycles. The van der Waals surface area contributed by atoms with Gasteiger partial charge in [-0.1, -0.05) is 23.2 Å². The van der Waals surface area contributed by atoms with Crippen LogP contribution in [-0.4, -0.2) is 25.8 Å². The number of carbonyl (C=O) groups is 2. The van der Waals surface area contributed by atoms with Crippen molar-refractivity contribution in [1.82, 2.24) is 5.32 Å². The quantitative estimate of drug-likeness (QED) is 0.840. The molecule has 0 saturated carbocycles. The standard InChI is InChI=1S/C11H11Cl2NO3/c1-14-10(16)2-3-17-11-7(6-15)4-8(12)5-9(11)13/h4-6H,2-3H2,1H3,(H,14,16). The van der Waals surface area contributed by atoms with E-state index >= 15 is 0 Å². The van der Waals surface area contributed by atoms with Crippen molar-refractivity contribution in [3.05, 3.63) is 27.7 Å². The number of carbonyl (C=O) groups excluding carboxylic acids is 2. The Morgan fingerprint density at radius 3 is 2.76 bits per heavy atom. The Hall–Kier alpha value is -1.26. The largest absolute Gasteiger partial charge is 0.491 e. The number of hydrogen-bond acceptors (Lipinski definition) is 3. The van der Waals surface area contributed by atoms with Crippen LogP contribution in [0, 0.1) is 0 Å². The predicted molar refractivity (Wildman–Crippen MR) is 66.0 cm³/mol. The maximum atomic E-state index is 11.0. The fourth-order valence-electron chi connectivity index (χ4n) is 1.19. The summed E-state index contributed by atoms with van der Waals surface area (Å²) in [5.41, 5.74) is 0.263. The zero-order valence-electron chi connectivity index (χ0n) is 9.13. The Bertz CT molecular complexity index is 435. The Balaban J connectivity index is 2.76. The molecular weight excluding hydrogens is 265 g/mol. The van der Waals surface area contributed by atoms with Crippen molar-refractivity contribution < 1.29 is 14.3 Å². The lowest BCUT2D eigenvalue weighted by molar-refractivity contribution is -0.121. The van der Waals surface area contributed by atoms with E-state index < -0.39 is 0 Å². The molecule has 0 fully saturated rings. The highest BCUT2D eigenvalue weighted by Gasteiger charge is 2.10. The average molecular weight is 276 g/mol. The molecule has 0 aliphatic rings. The third-order valence-electron chi connectivity index (χ3n) is 2.02. The van der Waals surface area contributed by atoms with E-state index in [1.54, 1.807) is 0 Å². The summed E-state index contributed by atoms with van der Waals surface area (Å²) in [6.45, 7) is 0.141. The maximum absolute atomic E-state index is 11.0. The highest BCUT2D eigenvalue weighted by molar-refractivity contribution is 6.36. The number of nitrogens with one attached hydrogen (secondary N) is 1. The third kappa shape index (κ3) is 3.91. The Labute approximate surface area is 109 Å². The van der Waals surface area contributed by atoms with Crippen molar-refractivity contribution in [3.63, 3.8) is 0 Å². The number of hydrogen-bond donors (Lipinski definition) is 1. The molecule has 0 atom stereocenters. The molecule has 1 amide bonds. The Morgan fingerprint density at radius 2 is 2.18 bits per heavy atom. The van der Waals surface area contributed by atoms with Crippen LogP contribution >= 0.6 is 23.2 Å². The first-order valence-corrected chi connectivity index (χ1v) is 5.61. The van der Waals surface area contributed by atoms with Gasteiger partial charge in [0.25, 0.3) is 0 Å². The highest BCUT2D eigenvalue weighted by Crippen LogP contribution is 2.31. The summed E-state index contributed by atoms with van der Waals surface area (Å²) in [7, 11) is 1.54. The lowest BCUT2D eigenvalue weighted by atomic mass is 10.2. The minimum atomic E-state index is -0.150. The summed E-state index contributed by atoms with van der Waals surface area (Å²) < 4.78 is 5.30. The molecule has 92 valence electrons. The van der Waals surface area contributed by atoms with Gasteiger partial charge in [0, 0.05) is 12.1 Å². The minimum Gasteiger partial charge on any atom is -0.491 e. The van der Waals surface area contributed by atoms with Crippen LogP contribution in [0.2, 0.25) is 10.0 Å². The normalized spacial score (nSPS) is 9.82. The lowest BCUT2D eigenvalue weighted by Crippen LogP contribution is -2.20. The van der Waals surface area contributed by atoms with Gasteiger partial charge in [-0.05, 0) is 12.1 Å². The van der Waals surface area contributed by atoms with Crippen LogP contribution in [0.25, 0.3) is 0 Å². The van der Waals surface area contributed by atoms with Gasteiger partial charge in [-0.2, -0.15) is 0 Å². The predicted octanol–water partition coefficient (Wildman–Crippen LogP) is 2.32. The molecule has 0 aliphatic heterocycles. The molecule has 0 saturated heterocycles. The van der Waals surface area contributed by atoms with Gasteiger partial charge in [0.1, 0.15) is 5.75 Å². The van der Waals surface area contributed by atoms with Gasteiger partial charge >= 0.3 is 0 Å². The Kier molecular flexibility index (Phi) is 5.25. The van der Waals surface area contributed by atoms with Gasteiger partial charge in [0.2, 0.25) is 5.91 Å². The van der Waals surface area contributed by atoms with Crippen molar-refractivity contribution in [3.8, 4) is 5.75 Å². The van der Waals surface area contributed by atoms with E-state index in [0.29, 0.717) is 11.3 Å². The van der Waals surface area contributed by atoms with Gasteiger partial charge in [-0.3, -0.25) is 9.59 Å². The molecule has 0 spiro atoms. The summed E-state index contributed by atoms with van der Waals surface area (Å²) >= 11 is 11.6. The second-order valence-corrected chi connectivity index (χ2v) is 4.04. The van der Waals surface area contributed by atoms with Gasteiger partial charge in [-0.15, -0.1) is 0 Å². The summed E-state index contributed by atoms with van der Waals surface area (Å²) in [5.74, 6) is 0.0951. The number of halogens is 2. The van der Waals surface area contributed by atoms with Crippen molar-refractivity contribution in [2.75, 3.05) is 13.7 Å². The van der Waals surface area contributed by atoms with Crippen LogP contribution in [0.5, 0.6) is 5.75 Å². The first-order valence-electron chi connectivity index (χ1n) is 4.86. The molecule has 0 bridgehead atoms. The van der Waals surface area contributed by atoms with Crippen molar-refractivity contribution in [1.29, 1.82) is 0 Å². The number of ether oxygens (including phenoxy) is 1. The number of amides is 1. The van der Waals surface area contributed by atoms with Crippen LogP contribution in [0.1, 0.15) is 16.8 Å². The molecule has 1 rings (SSSR count). The minimum absolute atomic E-state index is 0.141. The van der Waals surface area contributed by atoms with Gasteiger partial charge in [0.05, 0.1) is 23.6 Å². The summed E-state index contributed by atoms with van der Waals surface area (Å²) in [6.07, 6.45) is 0.792. The van der Waals surface area contributed by atoms with Gasteiger partial charge < -0.3 is 10.1 Å². The molecule has 1 aromatic rings. The number of rotatable bonds is 5. The monoisotopic (exact) mass is 275 g/mol. The van der Waals surface area contributed by atoms with E-state index in [2.05, 4.69) is 5.32 Å². The zero-order valence-corrected chi connectivity index (χ0v) is 10.6. The SMILES string of the molecule is CNC(=O)CCOc1c(Cl)cc(Cl)cc1C=O. The van der Waals surface area contributed by atoms with Crippen molar-refractivity contribution >= 4 is 35.4 Å². The third-order valence-corrected chi connectivity index (χ3v) is 2.52. The smallest absolute Gasteiger partial charge is 0.223 e.